The Morgan fingerprint density at radius 3 is 1.73 bits per heavy atom. The molecule has 7 nitrogen and oxygen atoms in total. The van der Waals surface area contributed by atoms with Crippen LogP contribution in [0.3, 0.4) is 0 Å². The highest BCUT2D eigenvalue weighted by molar-refractivity contribution is 6.50. The fraction of sp³-hybridized carbons (Fsp3) is 0.154. The zero-order valence-corrected chi connectivity index (χ0v) is 17.9. The van der Waals surface area contributed by atoms with Crippen LogP contribution in [0.4, 0.5) is 0 Å². The Bertz CT molecular complexity index is 1570. The highest BCUT2D eigenvalue weighted by Crippen LogP contribution is 2.41. The van der Waals surface area contributed by atoms with Gasteiger partial charge < -0.3 is 9.13 Å². The summed E-state index contributed by atoms with van der Waals surface area (Å²) in [6.45, 7) is 2.51. The van der Waals surface area contributed by atoms with Crippen LogP contribution in [0, 0.1) is 22.7 Å². The highest BCUT2D eigenvalue weighted by atomic mass is 16.2. The maximum absolute atomic E-state index is 13.5. The number of nitrogens with zero attached hydrogens (tertiary/aromatic N) is 5. The molecule has 2 amide bonds. The molecule has 0 fully saturated rings. The Kier molecular flexibility index (Phi) is 4.80. The first kappa shape index (κ1) is 20.3. The van der Waals surface area contributed by atoms with Crippen molar-refractivity contribution in [3.05, 3.63) is 72.1 Å². The molecule has 4 aromatic rings. The zero-order chi connectivity index (χ0) is 23.1. The van der Waals surface area contributed by atoms with Crippen LogP contribution in [0.2, 0.25) is 0 Å². The van der Waals surface area contributed by atoms with E-state index in [0.717, 1.165) is 26.7 Å². The summed E-state index contributed by atoms with van der Waals surface area (Å²) in [5, 5.41) is 20.2. The third-order valence-electron chi connectivity index (χ3n) is 6.09. The van der Waals surface area contributed by atoms with Crippen molar-refractivity contribution in [2.75, 3.05) is 6.54 Å². The van der Waals surface area contributed by atoms with E-state index in [1.54, 1.807) is 10.8 Å². The third-order valence-corrected chi connectivity index (χ3v) is 6.09. The monoisotopic (exact) mass is 433 g/mol. The molecule has 0 saturated heterocycles. The summed E-state index contributed by atoms with van der Waals surface area (Å²) in [6.07, 6.45) is 3.65. The summed E-state index contributed by atoms with van der Waals surface area (Å²) in [6, 6.07) is 19.3. The van der Waals surface area contributed by atoms with Gasteiger partial charge in [0, 0.05) is 51.9 Å². The van der Waals surface area contributed by atoms with Crippen molar-refractivity contribution in [1.82, 2.24) is 14.0 Å². The molecule has 7 heteroatoms. The summed E-state index contributed by atoms with van der Waals surface area (Å²) in [4.78, 5) is 28.1. The standard InChI is InChI=1S/C26H19N5O2/c1-2-29-15-19(17-7-3-5-9-21(17)29)23-24(26(33)31(14-12-28)25(23)32)20-16-30(13-11-27)22-10-6-4-8-18(20)22/h3-10,15-16H,2,13-14H2,1H3. The van der Waals surface area contributed by atoms with Crippen molar-refractivity contribution in [1.29, 1.82) is 10.5 Å². The quantitative estimate of drug-likeness (QED) is 0.352. The van der Waals surface area contributed by atoms with Gasteiger partial charge >= 0.3 is 0 Å². The Hall–Kier alpha value is -4.62. The second-order valence-corrected chi connectivity index (χ2v) is 7.80. The minimum atomic E-state index is -0.496. The number of aromatic nitrogens is 2. The van der Waals surface area contributed by atoms with Gasteiger partial charge in [0.15, 0.2) is 0 Å². The number of carbonyl (C=O) groups is 2. The van der Waals surface area contributed by atoms with Gasteiger partial charge in [-0.2, -0.15) is 10.5 Å². The van der Waals surface area contributed by atoms with E-state index in [9.17, 15) is 20.1 Å². The number of fused-ring (bicyclic) bond motifs is 2. The van der Waals surface area contributed by atoms with Gasteiger partial charge in [-0.3, -0.25) is 14.5 Å². The average molecular weight is 433 g/mol. The minimum absolute atomic E-state index is 0.113. The second kappa shape index (κ2) is 7.81. The van der Waals surface area contributed by atoms with Gasteiger partial charge in [0.25, 0.3) is 11.8 Å². The first-order valence-electron chi connectivity index (χ1n) is 10.6. The van der Waals surface area contributed by atoms with E-state index < -0.39 is 11.8 Å². The van der Waals surface area contributed by atoms with Gasteiger partial charge in [0.2, 0.25) is 0 Å². The van der Waals surface area contributed by atoms with Crippen LogP contribution in [0.1, 0.15) is 18.1 Å². The number of hydrogen-bond donors (Lipinski definition) is 0. The van der Waals surface area contributed by atoms with E-state index in [1.165, 1.54) is 0 Å². The van der Waals surface area contributed by atoms with E-state index in [0.29, 0.717) is 23.2 Å². The molecule has 1 aliphatic rings. The number of amides is 2. The normalized spacial score (nSPS) is 13.8. The number of hydrogen-bond acceptors (Lipinski definition) is 4. The predicted octanol–water partition coefficient (Wildman–Crippen LogP) is 3.94. The maximum atomic E-state index is 13.5. The summed E-state index contributed by atoms with van der Waals surface area (Å²) < 4.78 is 3.81. The molecule has 0 bridgehead atoms. The SMILES string of the molecule is CCn1cc(C2=C(c3cn(CC#N)c4ccccc34)C(=O)N(CC#N)C2=O)c2ccccc21. The Labute approximate surface area is 190 Å². The molecule has 1 aliphatic heterocycles. The van der Waals surface area contributed by atoms with Crippen LogP contribution in [0.25, 0.3) is 33.0 Å². The van der Waals surface area contributed by atoms with Crippen LogP contribution in [0.5, 0.6) is 0 Å². The van der Waals surface area contributed by atoms with Crippen molar-refractivity contribution < 1.29 is 9.59 Å². The molecule has 33 heavy (non-hydrogen) atoms. The number of benzene rings is 2. The fourth-order valence-corrected chi connectivity index (χ4v) is 4.65. The Morgan fingerprint density at radius 1 is 0.727 bits per heavy atom. The lowest BCUT2D eigenvalue weighted by Crippen LogP contribution is -2.31. The van der Waals surface area contributed by atoms with E-state index in [1.807, 2.05) is 72.3 Å². The van der Waals surface area contributed by atoms with Crippen molar-refractivity contribution in [2.24, 2.45) is 0 Å². The molecule has 5 rings (SSSR count). The minimum Gasteiger partial charge on any atom is -0.347 e. The van der Waals surface area contributed by atoms with Gasteiger partial charge in [-0.15, -0.1) is 0 Å². The molecule has 0 saturated carbocycles. The van der Waals surface area contributed by atoms with Crippen molar-refractivity contribution in [3.63, 3.8) is 0 Å². The largest absolute Gasteiger partial charge is 0.347 e. The molecule has 2 aromatic heterocycles. The molecule has 3 heterocycles. The molecule has 0 N–H and O–H groups in total. The van der Waals surface area contributed by atoms with Gasteiger partial charge in [-0.1, -0.05) is 36.4 Å². The molecule has 0 atom stereocenters. The van der Waals surface area contributed by atoms with Gasteiger partial charge in [-0.05, 0) is 19.1 Å². The first-order chi connectivity index (χ1) is 16.1. The third kappa shape index (κ3) is 2.95. The Balaban J connectivity index is 1.87. The second-order valence-electron chi connectivity index (χ2n) is 7.80. The van der Waals surface area contributed by atoms with Crippen LogP contribution in [-0.2, 0) is 22.7 Å². The first-order valence-corrected chi connectivity index (χ1v) is 10.6. The molecule has 0 spiro atoms. The van der Waals surface area contributed by atoms with Crippen LogP contribution < -0.4 is 0 Å². The molecule has 0 aliphatic carbocycles. The summed E-state index contributed by atoms with van der Waals surface area (Å²) in [7, 11) is 0. The predicted molar refractivity (Wildman–Crippen MR) is 124 cm³/mol. The zero-order valence-electron chi connectivity index (χ0n) is 17.9. The van der Waals surface area contributed by atoms with Crippen LogP contribution >= 0.6 is 0 Å². The van der Waals surface area contributed by atoms with Crippen molar-refractivity contribution in [3.8, 4) is 12.1 Å². The molecule has 2 aromatic carbocycles. The van der Waals surface area contributed by atoms with Gasteiger partial charge in [-0.25, -0.2) is 0 Å². The van der Waals surface area contributed by atoms with E-state index in [4.69, 9.17) is 0 Å². The van der Waals surface area contributed by atoms with Gasteiger partial charge in [0.1, 0.15) is 13.1 Å². The summed E-state index contributed by atoms with van der Waals surface area (Å²) in [5.74, 6) is -0.975. The number of imide groups is 1. The number of nitriles is 2. The molecular formula is C26H19N5O2. The number of aryl methyl sites for hydroxylation is 1. The molecule has 160 valence electrons. The van der Waals surface area contributed by atoms with Crippen LogP contribution in [0.15, 0.2) is 60.9 Å². The van der Waals surface area contributed by atoms with Gasteiger partial charge in [0.05, 0.1) is 23.3 Å². The number of rotatable bonds is 5. The van der Waals surface area contributed by atoms with E-state index >= 15 is 0 Å². The number of para-hydroxylation sites is 2. The smallest absolute Gasteiger partial charge is 0.263 e. The summed E-state index contributed by atoms with van der Waals surface area (Å²) in [5.41, 5.74) is 3.57. The lowest BCUT2D eigenvalue weighted by molar-refractivity contribution is -0.135. The number of carbonyl (C=O) groups excluding carboxylic acids is 2. The lowest BCUT2D eigenvalue weighted by Gasteiger charge is -2.09. The van der Waals surface area contributed by atoms with Crippen molar-refractivity contribution in [2.45, 2.75) is 20.0 Å². The summed E-state index contributed by atoms with van der Waals surface area (Å²) >= 11 is 0. The average Bonchev–Trinajstić information content (AvgIpc) is 3.46. The molecule has 0 radical (unpaired) electrons. The Morgan fingerprint density at radius 2 is 1.21 bits per heavy atom. The fourth-order valence-electron chi connectivity index (χ4n) is 4.65. The lowest BCUT2D eigenvalue weighted by atomic mass is 9.95. The van der Waals surface area contributed by atoms with Crippen molar-refractivity contribution >= 4 is 44.8 Å². The molecule has 0 unspecified atom stereocenters. The maximum Gasteiger partial charge on any atom is 0.263 e. The van der Waals surface area contributed by atoms with Crippen LogP contribution in [-0.4, -0.2) is 32.4 Å². The topological polar surface area (TPSA) is 94.8 Å². The highest BCUT2D eigenvalue weighted by Gasteiger charge is 2.41. The van der Waals surface area contributed by atoms with E-state index in [-0.39, 0.29) is 18.7 Å². The van der Waals surface area contributed by atoms with E-state index in [2.05, 4.69) is 6.07 Å². The molecular weight excluding hydrogens is 414 g/mol.